The van der Waals surface area contributed by atoms with E-state index in [1.807, 2.05) is 0 Å². The van der Waals surface area contributed by atoms with Crippen LogP contribution in [0.25, 0.3) is 0 Å². The van der Waals surface area contributed by atoms with Crippen LogP contribution in [0.4, 0.5) is 13.2 Å². The average Bonchev–Trinajstić information content (AvgIpc) is 2.24. The Hall–Kier alpha value is -1.79. The van der Waals surface area contributed by atoms with Gasteiger partial charge in [0.15, 0.2) is 6.10 Å². The molecule has 0 aliphatic heterocycles. The molecule has 7 heteroatoms. The summed E-state index contributed by atoms with van der Waals surface area (Å²) in [5.41, 5.74) is -1.12. The number of halogens is 3. The maximum Gasteiger partial charge on any atom is 0.433 e. The third-order valence-electron chi connectivity index (χ3n) is 1.95. The summed E-state index contributed by atoms with van der Waals surface area (Å²) in [6, 6.07) is 1.85. The molecular formula is C10H10F3NO3. The van der Waals surface area contributed by atoms with Gasteiger partial charge in [0.2, 0.25) is 0 Å². The number of hydrogen-bond acceptors (Lipinski definition) is 3. The van der Waals surface area contributed by atoms with E-state index in [1.165, 1.54) is 6.07 Å². The Morgan fingerprint density at radius 2 is 2.24 bits per heavy atom. The van der Waals surface area contributed by atoms with Crippen LogP contribution in [0.2, 0.25) is 0 Å². The van der Waals surface area contributed by atoms with Gasteiger partial charge in [-0.05, 0) is 12.5 Å². The van der Waals surface area contributed by atoms with E-state index >= 15 is 0 Å². The standard InChI is InChI=1S/C10H10F3NO3/c1-2-7(9(15)16)17-6-3-4-14-8(5-6)10(11,12)13/h3-5,7H,2H2,1H3,(H,15,16). The van der Waals surface area contributed by atoms with Crippen LogP contribution in [0.5, 0.6) is 5.75 Å². The van der Waals surface area contributed by atoms with Crippen LogP contribution in [-0.2, 0) is 11.0 Å². The molecule has 1 N–H and O–H groups in total. The summed E-state index contributed by atoms with van der Waals surface area (Å²) in [5.74, 6) is -1.39. The minimum absolute atomic E-state index is 0.152. The van der Waals surface area contributed by atoms with Gasteiger partial charge in [0.25, 0.3) is 0 Å². The van der Waals surface area contributed by atoms with Crippen LogP contribution in [0, 0.1) is 0 Å². The van der Waals surface area contributed by atoms with E-state index in [-0.39, 0.29) is 12.2 Å². The Balaban J connectivity index is 2.89. The zero-order valence-corrected chi connectivity index (χ0v) is 8.86. The molecule has 1 aromatic heterocycles. The maximum atomic E-state index is 12.3. The number of rotatable bonds is 4. The lowest BCUT2D eigenvalue weighted by Crippen LogP contribution is -2.26. The van der Waals surface area contributed by atoms with Gasteiger partial charge in [0.1, 0.15) is 11.4 Å². The molecule has 0 spiro atoms. The maximum absolute atomic E-state index is 12.3. The van der Waals surface area contributed by atoms with Gasteiger partial charge in [-0.1, -0.05) is 6.92 Å². The number of carboxylic acid groups (broad SMARTS) is 1. The molecule has 0 saturated carbocycles. The molecule has 0 saturated heterocycles. The monoisotopic (exact) mass is 249 g/mol. The molecule has 1 heterocycles. The number of alkyl halides is 3. The van der Waals surface area contributed by atoms with Crippen LogP contribution in [0.1, 0.15) is 19.0 Å². The van der Waals surface area contributed by atoms with Crippen molar-refractivity contribution in [3.05, 3.63) is 24.0 Å². The molecule has 1 atom stereocenters. The first-order valence-corrected chi connectivity index (χ1v) is 4.77. The van der Waals surface area contributed by atoms with E-state index in [0.29, 0.717) is 6.07 Å². The molecule has 0 fully saturated rings. The molecule has 94 valence electrons. The van der Waals surface area contributed by atoms with E-state index in [9.17, 15) is 18.0 Å². The summed E-state index contributed by atoms with van der Waals surface area (Å²) in [4.78, 5) is 13.8. The van der Waals surface area contributed by atoms with Crippen molar-refractivity contribution in [1.82, 2.24) is 4.98 Å². The van der Waals surface area contributed by atoms with Crippen molar-refractivity contribution in [2.24, 2.45) is 0 Å². The van der Waals surface area contributed by atoms with Crippen molar-refractivity contribution in [2.45, 2.75) is 25.6 Å². The molecule has 17 heavy (non-hydrogen) atoms. The predicted octanol–water partition coefficient (Wildman–Crippen LogP) is 2.34. The fourth-order valence-corrected chi connectivity index (χ4v) is 1.11. The topological polar surface area (TPSA) is 59.4 Å². The summed E-state index contributed by atoms with van der Waals surface area (Å²) in [6.07, 6.45) is -4.67. The highest BCUT2D eigenvalue weighted by molar-refractivity contribution is 5.72. The Labute approximate surface area is 95.0 Å². The third kappa shape index (κ3) is 3.61. The number of carbonyl (C=O) groups is 1. The Morgan fingerprint density at radius 1 is 1.59 bits per heavy atom. The van der Waals surface area contributed by atoms with Gasteiger partial charge in [-0.15, -0.1) is 0 Å². The van der Waals surface area contributed by atoms with Crippen LogP contribution in [0.15, 0.2) is 18.3 Å². The lowest BCUT2D eigenvalue weighted by molar-refractivity contribution is -0.145. The Kier molecular flexibility index (Phi) is 3.93. The van der Waals surface area contributed by atoms with Crippen LogP contribution in [-0.4, -0.2) is 22.2 Å². The average molecular weight is 249 g/mol. The molecule has 1 aromatic rings. The molecule has 0 aliphatic carbocycles. The van der Waals surface area contributed by atoms with Crippen molar-refractivity contribution in [3.63, 3.8) is 0 Å². The highest BCUT2D eigenvalue weighted by Crippen LogP contribution is 2.29. The molecule has 0 bridgehead atoms. The van der Waals surface area contributed by atoms with E-state index in [2.05, 4.69) is 4.98 Å². The van der Waals surface area contributed by atoms with Gasteiger partial charge >= 0.3 is 12.1 Å². The molecule has 1 rings (SSSR count). The largest absolute Gasteiger partial charge is 0.479 e. The number of aromatic nitrogens is 1. The highest BCUT2D eigenvalue weighted by Gasteiger charge is 2.33. The second-order valence-electron chi connectivity index (χ2n) is 3.23. The smallest absolute Gasteiger partial charge is 0.433 e. The third-order valence-corrected chi connectivity index (χ3v) is 1.95. The van der Waals surface area contributed by atoms with Gasteiger partial charge in [-0.3, -0.25) is 4.98 Å². The molecule has 0 amide bonds. The first kappa shape index (κ1) is 13.3. The van der Waals surface area contributed by atoms with Crippen molar-refractivity contribution in [2.75, 3.05) is 0 Å². The predicted molar refractivity (Wildman–Crippen MR) is 51.6 cm³/mol. The molecule has 0 aliphatic rings. The fourth-order valence-electron chi connectivity index (χ4n) is 1.11. The van der Waals surface area contributed by atoms with E-state index in [0.717, 1.165) is 6.20 Å². The number of aliphatic carboxylic acids is 1. The van der Waals surface area contributed by atoms with Crippen LogP contribution >= 0.6 is 0 Å². The summed E-state index contributed by atoms with van der Waals surface area (Å²) in [6.45, 7) is 1.56. The summed E-state index contributed by atoms with van der Waals surface area (Å²) in [5, 5.41) is 8.70. The quantitative estimate of drug-likeness (QED) is 0.889. The lowest BCUT2D eigenvalue weighted by Gasteiger charge is -2.14. The SMILES string of the molecule is CCC(Oc1ccnc(C(F)(F)F)c1)C(=O)O. The molecule has 4 nitrogen and oxygen atoms in total. The van der Waals surface area contributed by atoms with Gasteiger partial charge in [0, 0.05) is 12.3 Å². The van der Waals surface area contributed by atoms with E-state index in [1.54, 1.807) is 6.92 Å². The minimum Gasteiger partial charge on any atom is -0.479 e. The number of pyridine rings is 1. The highest BCUT2D eigenvalue weighted by atomic mass is 19.4. The zero-order valence-electron chi connectivity index (χ0n) is 8.86. The number of ether oxygens (including phenoxy) is 1. The van der Waals surface area contributed by atoms with Gasteiger partial charge in [-0.25, -0.2) is 4.79 Å². The first-order valence-electron chi connectivity index (χ1n) is 4.77. The minimum atomic E-state index is -4.58. The molecular weight excluding hydrogens is 239 g/mol. The van der Waals surface area contributed by atoms with Crippen molar-refractivity contribution < 1.29 is 27.8 Å². The van der Waals surface area contributed by atoms with Crippen molar-refractivity contribution in [3.8, 4) is 5.75 Å². The number of nitrogens with zero attached hydrogens (tertiary/aromatic N) is 1. The number of hydrogen-bond donors (Lipinski definition) is 1. The van der Waals surface area contributed by atoms with Crippen LogP contribution in [0.3, 0.4) is 0 Å². The summed E-state index contributed by atoms with van der Waals surface area (Å²) < 4.78 is 41.9. The zero-order chi connectivity index (χ0) is 13.1. The molecule has 0 aromatic carbocycles. The van der Waals surface area contributed by atoms with Crippen molar-refractivity contribution >= 4 is 5.97 Å². The second-order valence-corrected chi connectivity index (χ2v) is 3.23. The molecule has 0 radical (unpaired) electrons. The normalized spacial score (nSPS) is 13.2. The Morgan fingerprint density at radius 3 is 2.71 bits per heavy atom. The molecule has 1 unspecified atom stereocenters. The van der Waals surface area contributed by atoms with Crippen molar-refractivity contribution in [1.29, 1.82) is 0 Å². The lowest BCUT2D eigenvalue weighted by atomic mass is 10.2. The second kappa shape index (κ2) is 5.03. The van der Waals surface area contributed by atoms with Gasteiger partial charge in [-0.2, -0.15) is 13.2 Å². The number of carboxylic acids is 1. The fraction of sp³-hybridized carbons (Fsp3) is 0.400. The van der Waals surface area contributed by atoms with Gasteiger partial charge in [0.05, 0.1) is 0 Å². The van der Waals surface area contributed by atoms with E-state index < -0.39 is 23.9 Å². The summed E-state index contributed by atoms with van der Waals surface area (Å²) in [7, 11) is 0. The van der Waals surface area contributed by atoms with Gasteiger partial charge < -0.3 is 9.84 Å². The van der Waals surface area contributed by atoms with Crippen LogP contribution < -0.4 is 4.74 Å². The van der Waals surface area contributed by atoms with E-state index in [4.69, 9.17) is 9.84 Å². The summed E-state index contributed by atoms with van der Waals surface area (Å²) >= 11 is 0. The Bertz CT molecular complexity index is 406. The first-order chi connectivity index (χ1) is 7.84.